The molecule has 1 fully saturated rings. The molecule has 0 heterocycles. The lowest BCUT2D eigenvalue weighted by molar-refractivity contribution is -0.384. The van der Waals surface area contributed by atoms with Gasteiger partial charge in [0, 0.05) is 36.7 Å². The van der Waals surface area contributed by atoms with Gasteiger partial charge in [0.2, 0.25) is 5.91 Å². The van der Waals surface area contributed by atoms with Gasteiger partial charge in [0.15, 0.2) is 0 Å². The van der Waals surface area contributed by atoms with E-state index in [-0.39, 0.29) is 36.2 Å². The van der Waals surface area contributed by atoms with Crippen molar-refractivity contribution < 1.29 is 24.4 Å². The van der Waals surface area contributed by atoms with Crippen LogP contribution in [0.3, 0.4) is 0 Å². The SMILES string of the molecule is O=C(CCNC(=O)c1ccc([N+](=O)[O-])cc1)N[C@@H]1CC[C@H](C(=O)O)C1. The second-order valence-corrected chi connectivity index (χ2v) is 5.92. The van der Waals surface area contributed by atoms with Gasteiger partial charge in [0.25, 0.3) is 11.6 Å². The van der Waals surface area contributed by atoms with Crippen molar-refractivity contribution in [3.63, 3.8) is 0 Å². The number of hydrogen-bond donors (Lipinski definition) is 3. The van der Waals surface area contributed by atoms with E-state index in [4.69, 9.17) is 5.11 Å². The molecule has 0 radical (unpaired) electrons. The van der Waals surface area contributed by atoms with Crippen molar-refractivity contribution in [2.45, 2.75) is 31.7 Å². The summed E-state index contributed by atoms with van der Waals surface area (Å²) < 4.78 is 0. The van der Waals surface area contributed by atoms with E-state index in [0.717, 1.165) is 0 Å². The maximum atomic E-state index is 11.9. The molecule has 0 aliphatic heterocycles. The lowest BCUT2D eigenvalue weighted by atomic mass is 10.1. The van der Waals surface area contributed by atoms with Gasteiger partial charge in [-0.05, 0) is 31.4 Å². The molecule has 9 heteroatoms. The lowest BCUT2D eigenvalue weighted by Crippen LogP contribution is -2.36. The number of hydrogen-bond acceptors (Lipinski definition) is 5. The fourth-order valence-electron chi connectivity index (χ4n) is 2.76. The molecular formula is C16H19N3O6. The van der Waals surface area contributed by atoms with E-state index in [1.54, 1.807) is 0 Å². The molecule has 9 nitrogen and oxygen atoms in total. The molecule has 1 aromatic rings. The van der Waals surface area contributed by atoms with Crippen molar-refractivity contribution in [1.82, 2.24) is 10.6 Å². The lowest BCUT2D eigenvalue weighted by Gasteiger charge is -2.12. The summed E-state index contributed by atoms with van der Waals surface area (Å²) in [7, 11) is 0. The number of nitro benzene ring substituents is 1. The van der Waals surface area contributed by atoms with Crippen LogP contribution in [0.5, 0.6) is 0 Å². The highest BCUT2D eigenvalue weighted by Gasteiger charge is 2.30. The van der Waals surface area contributed by atoms with Gasteiger partial charge in [0.1, 0.15) is 0 Å². The van der Waals surface area contributed by atoms with Crippen LogP contribution in [-0.4, -0.2) is 40.4 Å². The maximum absolute atomic E-state index is 11.9. The molecule has 2 rings (SSSR count). The van der Waals surface area contributed by atoms with Gasteiger partial charge in [-0.2, -0.15) is 0 Å². The van der Waals surface area contributed by atoms with E-state index in [0.29, 0.717) is 19.3 Å². The van der Waals surface area contributed by atoms with Crippen LogP contribution in [-0.2, 0) is 9.59 Å². The molecule has 134 valence electrons. The van der Waals surface area contributed by atoms with Gasteiger partial charge in [0.05, 0.1) is 10.8 Å². The summed E-state index contributed by atoms with van der Waals surface area (Å²) in [5, 5.41) is 24.8. The Labute approximate surface area is 143 Å². The van der Waals surface area contributed by atoms with Crippen LogP contribution in [0.15, 0.2) is 24.3 Å². The highest BCUT2D eigenvalue weighted by molar-refractivity contribution is 5.94. The van der Waals surface area contributed by atoms with E-state index < -0.39 is 22.7 Å². The van der Waals surface area contributed by atoms with Crippen LogP contribution in [0.2, 0.25) is 0 Å². The molecule has 1 aromatic carbocycles. The number of aliphatic carboxylic acids is 1. The standard InChI is InChI=1S/C16H19N3O6/c20-14(18-12-4-1-11(9-12)16(22)23)7-8-17-15(21)10-2-5-13(6-3-10)19(24)25/h2-3,5-6,11-12H,1,4,7-9H2,(H,17,21)(H,18,20)(H,22,23)/t11-,12+/m0/s1. The largest absolute Gasteiger partial charge is 0.481 e. The number of rotatable bonds is 7. The monoisotopic (exact) mass is 349 g/mol. The van der Waals surface area contributed by atoms with Crippen LogP contribution in [0.25, 0.3) is 0 Å². The Morgan fingerprint density at radius 3 is 2.44 bits per heavy atom. The molecule has 3 N–H and O–H groups in total. The minimum Gasteiger partial charge on any atom is -0.481 e. The zero-order chi connectivity index (χ0) is 18.4. The van der Waals surface area contributed by atoms with Crippen molar-refractivity contribution in [1.29, 1.82) is 0 Å². The Morgan fingerprint density at radius 1 is 1.20 bits per heavy atom. The first-order valence-corrected chi connectivity index (χ1v) is 7.91. The minimum absolute atomic E-state index is 0.0763. The number of carbonyl (C=O) groups is 3. The Kier molecular flexibility index (Phi) is 6.04. The summed E-state index contributed by atoms with van der Waals surface area (Å²) in [4.78, 5) is 44.6. The summed E-state index contributed by atoms with van der Waals surface area (Å²) in [6, 6.07) is 5.02. The number of carboxylic acids is 1. The molecule has 0 aromatic heterocycles. The van der Waals surface area contributed by atoms with Gasteiger partial charge in [-0.3, -0.25) is 24.5 Å². The van der Waals surface area contributed by atoms with E-state index in [9.17, 15) is 24.5 Å². The van der Waals surface area contributed by atoms with Gasteiger partial charge in [-0.15, -0.1) is 0 Å². The third-order valence-corrected chi connectivity index (χ3v) is 4.12. The van der Waals surface area contributed by atoms with Crippen LogP contribution >= 0.6 is 0 Å². The highest BCUT2D eigenvalue weighted by atomic mass is 16.6. The topological polar surface area (TPSA) is 139 Å². The number of carboxylic acid groups (broad SMARTS) is 1. The second-order valence-electron chi connectivity index (χ2n) is 5.92. The molecule has 2 amide bonds. The average molecular weight is 349 g/mol. The Morgan fingerprint density at radius 2 is 1.88 bits per heavy atom. The summed E-state index contributed by atoms with van der Waals surface area (Å²) >= 11 is 0. The number of nitrogens with one attached hydrogen (secondary N) is 2. The fourth-order valence-corrected chi connectivity index (χ4v) is 2.76. The van der Waals surface area contributed by atoms with Crippen molar-refractivity contribution in [2.24, 2.45) is 5.92 Å². The first-order chi connectivity index (χ1) is 11.9. The second kappa shape index (κ2) is 8.22. The molecular weight excluding hydrogens is 330 g/mol. The highest BCUT2D eigenvalue weighted by Crippen LogP contribution is 2.25. The summed E-state index contributed by atoms with van der Waals surface area (Å²) in [5.41, 5.74) is 0.165. The molecule has 25 heavy (non-hydrogen) atoms. The number of carbonyl (C=O) groups excluding carboxylic acids is 2. The average Bonchev–Trinajstić information content (AvgIpc) is 3.03. The maximum Gasteiger partial charge on any atom is 0.306 e. The predicted molar refractivity (Wildman–Crippen MR) is 87.0 cm³/mol. The number of nitro groups is 1. The Balaban J connectivity index is 1.71. The Bertz CT molecular complexity index is 673. The van der Waals surface area contributed by atoms with E-state index >= 15 is 0 Å². The Hall–Kier alpha value is -2.97. The van der Waals surface area contributed by atoms with E-state index in [1.807, 2.05) is 0 Å². The van der Waals surface area contributed by atoms with Gasteiger partial charge < -0.3 is 15.7 Å². The number of amides is 2. The van der Waals surface area contributed by atoms with Crippen molar-refractivity contribution >= 4 is 23.5 Å². The van der Waals surface area contributed by atoms with Crippen LogP contribution in [0.4, 0.5) is 5.69 Å². The van der Waals surface area contributed by atoms with Crippen LogP contribution < -0.4 is 10.6 Å². The van der Waals surface area contributed by atoms with Crippen molar-refractivity contribution in [2.75, 3.05) is 6.54 Å². The van der Waals surface area contributed by atoms with E-state index in [2.05, 4.69) is 10.6 Å². The number of nitrogens with zero attached hydrogens (tertiary/aromatic N) is 1. The molecule has 0 saturated heterocycles. The van der Waals surface area contributed by atoms with Crippen molar-refractivity contribution in [3.05, 3.63) is 39.9 Å². The molecule has 0 spiro atoms. The van der Waals surface area contributed by atoms with Gasteiger partial charge in [-0.1, -0.05) is 0 Å². The normalized spacial score (nSPS) is 19.2. The summed E-state index contributed by atoms with van der Waals surface area (Å²) in [6.45, 7) is 0.122. The first kappa shape index (κ1) is 18.4. The molecule has 1 saturated carbocycles. The van der Waals surface area contributed by atoms with Crippen LogP contribution in [0, 0.1) is 16.0 Å². The summed E-state index contributed by atoms with van der Waals surface area (Å²) in [5.74, 6) is -1.92. The molecule has 2 atom stereocenters. The third kappa shape index (κ3) is 5.27. The summed E-state index contributed by atoms with van der Waals surface area (Å²) in [6.07, 6.45) is 1.69. The predicted octanol–water partition coefficient (Wildman–Crippen LogP) is 1.08. The van der Waals surface area contributed by atoms with E-state index in [1.165, 1.54) is 24.3 Å². The first-order valence-electron chi connectivity index (χ1n) is 7.91. The van der Waals surface area contributed by atoms with Crippen molar-refractivity contribution in [3.8, 4) is 0 Å². The number of benzene rings is 1. The number of non-ortho nitro benzene ring substituents is 1. The van der Waals surface area contributed by atoms with Crippen LogP contribution in [0.1, 0.15) is 36.0 Å². The third-order valence-electron chi connectivity index (χ3n) is 4.12. The fraction of sp³-hybridized carbons (Fsp3) is 0.438. The zero-order valence-electron chi connectivity index (χ0n) is 13.4. The quantitative estimate of drug-likeness (QED) is 0.497. The molecule has 1 aliphatic rings. The molecule has 0 unspecified atom stereocenters. The smallest absolute Gasteiger partial charge is 0.306 e. The molecule has 1 aliphatic carbocycles. The van der Waals surface area contributed by atoms with Gasteiger partial charge >= 0.3 is 5.97 Å². The van der Waals surface area contributed by atoms with Gasteiger partial charge in [-0.25, -0.2) is 0 Å². The minimum atomic E-state index is -0.841. The zero-order valence-corrected chi connectivity index (χ0v) is 13.4. The molecule has 0 bridgehead atoms.